The lowest BCUT2D eigenvalue weighted by molar-refractivity contribution is 0.0437. The molecule has 0 aromatic heterocycles. The number of hydrogen-bond acceptors (Lipinski definition) is 4. The average molecular weight is 316 g/mol. The van der Waals surface area contributed by atoms with Gasteiger partial charge in [-0.05, 0) is 38.8 Å². The van der Waals surface area contributed by atoms with E-state index < -0.39 is 17.2 Å². The lowest BCUT2D eigenvalue weighted by Crippen LogP contribution is -2.48. The van der Waals surface area contributed by atoms with Crippen LogP contribution in [-0.2, 0) is 15.0 Å². The van der Waals surface area contributed by atoms with Crippen molar-refractivity contribution < 1.29 is 14.3 Å². The number of alkyl carbamates (subject to hydrolysis) is 1. The number of carbonyl (C=O) groups is 1. The van der Waals surface area contributed by atoms with Crippen molar-refractivity contribution in [2.24, 2.45) is 0 Å². The molecule has 1 saturated heterocycles. The molecule has 0 radical (unpaired) electrons. The largest absolute Gasteiger partial charge is 0.444 e. The third-order valence-corrected chi connectivity index (χ3v) is 3.92. The molecular formula is C18H24N2O3. The summed E-state index contributed by atoms with van der Waals surface area (Å²) in [7, 11) is 0. The third kappa shape index (κ3) is 4.23. The van der Waals surface area contributed by atoms with Gasteiger partial charge in [-0.2, -0.15) is 5.26 Å². The quantitative estimate of drug-likeness (QED) is 0.927. The normalized spacial score (nSPS) is 22.2. The van der Waals surface area contributed by atoms with E-state index >= 15 is 0 Å². The van der Waals surface area contributed by atoms with Gasteiger partial charge in [0.25, 0.3) is 0 Å². The van der Waals surface area contributed by atoms with Crippen LogP contribution in [0.3, 0.4) is 0 Å². The number of rotatable bonds is 3. The second-order valence-corrected chi connectivity index (χ2v) is 6.98. The maximum Gasteiger partial charge on any atom is 0.408 e. The van der Waals surface area contributed by atoms with Crippen LogP contribution in [0, 0.1) is 11.3 Å². The minimum absolute atomic E-state index is 0.154. The smallest absolute Gasteiger partial charge is 0.408 e. The summed E-state index contributed by atoms with van der Waals surface area (Å²) in [6, 6.07) is 9.99. The maximum atomic E-state index is 12.2. The van der Waals surface area contributed by atoms with Gasteiger partial charge in [0.1, 0.15) is 5.60 Å². The number of ether oxygens (including phenoxy) is 2. The Morgan fingerprint density at radius 3 is 2.52 bits per heavy atom. The molecule has 1 aromatic rings. The van der Waals surface area contributed by atoms with Crippen LogP contribution >= 0.6 is 0 Å². The monoisotopic (exact) mass is 316 g/mol. The summed E-state index contributed by atoms with van der Waals surface area (Å²) in [5, 5.41) is 12.0. The molecule has 1 aromatic carbocycles. The fraction of sp³-hybridized carbons (Fsp3) is 0.556. The second kappa shape index (κ2) is 6.59. The molecule has 124 valence electrons. The zero-order valence-corrected chi connectivity index (χ0v) is 14.2. The van der Waals surface area contributed by atoms with Gasteiger partial charge >= 0.3 is 6.09 Å². The van der Waals surface area contributed by atoms with Crippen LogP contribution < -0.4 is 5.32 Å². The maximum absolute atomic E-state index is 12.2. The summed E-state index contributed by atoms with van der Waals surface area (Å²) in [6.45, 7) is 8.38. The van der Waals surface area contributed by atoms with E-state index in [4.69, 9.17) is 14.7 Å². The Bertz CT molecular complexity index is 590. The molecular weight excluding hydrogens is 292 g/mol. The first-order chi connectivity index (χ1) is 10.8. The Labute approximate surface area is 137 Å². The van der Waals surface area contributed by atoms with E-state index in [1.807, 2.05) is 52.0 Å². The van der Waals surface area contributed by atoms with E-state index in [0.717, 1.165) is 11.1 Å². The number of carbonyl (C=O) groups excluding carboxylic acids is 1. The fourth-order valence-corrected chi connectivity index (χ4v) is 2.63. The van der Waals surface area contributed by atoms with Crippen LogP contribution in [0.1, 0.15) is 51.2 Å². The molecule has 0 saturated carbocycles. The van der Waals surface area contributed by atoms with Crippen LogP contribution in [0.15, 0.2) is 24.3 Å². The number of amides is 1. The highest BCUT2D eigenvalue weighted by Crippen LogP contribution is 2.32. The van der Waals surface area contributed by atoms with Gasteiger partial charge in [0.05, 0.1) is 24.1 Å². The average Bonchev–Trinajstić information content (AvgIpc) is 2.94. The van der Waals surface area contributed by atoms with E-state index in [0.29, 0.717) is 19.6 Å². The minimum Gasteiger partial charge on any atom is -0.444 e. The summed E-state index contributed by atoms with van der Waals surface area (Å²) >= 11 is 0. The minimum atomic E-state index is -0.573. The number of benzene rings is 1. The predicted octanol–water partition coefficient (Wildman–Crippen LogP) is 3.45. The summed E-state index contributed by atoms with van der Waals surface area (Å²) in [4.78, 5) is 12.2. The van der Waals surface area contributed by atoms with Gasteiger partial charge in [-0.15, -0.1) is 0 Å². The predicted molar refractivity (Wildman–Crippen MR) is 87.0 cm³/mol. The van der Waals surface area contributed by atoms with Gasteiger partial charge in [0.15, 0.2) is 0 Å². The van der Waals surface area contributed by atoms with Gasteiger partial charge in [-0.25, -0.2) is 4.79 Å². The van der Waals surface area contributed by atoms with Crippen molar-refractivity contribution in [1.82, 2.24) is 5.32 Å². The molecule has 0 bridgehead atoms. The second-order valence-electron chi connectivity index (χ2n) is 6.98. The summed E-state index contributed by atoms with van der Waals surface area (Å²) in [5.74, 6) is -0.154. The van der Waals surface area contributed by atoms with Crippen molar-refractivity contribution in [2.45, 2.75) is 51.2 Å². The lowest BCUT2D eigenvalue weighted by atomic mass is 9.87. The number of nitriles is 1. The molecule has 1 aliphatic rings. The first kappa shape index (κ1) is 17.3. The molecule has 5 heteroatoms. The van der Waals surface area contributed by atoms with Gasteiger partial charge < -0.3 is 14.8 Å². The SMILES string of the molecule is CC(C#N)c1ccc(C2(NC(=O)OC(C)(C)C)CCOC2)cc1. The van der Waals surface area contributed by atoms with Gasteiger partial charge in [0.2, 0.25) is 0 Å². The van der Waals surface area contributed by atoms with Crippen LogP contribution in [0.4, 0.5) is 4.79 Å². The molecule has 1 aliphatic heterocycles. The number of nitrogens with zero attached hydrogens (tertiary/aromatic N) is 1. The Morgan fingerprint density at radius 2 is 2.04 bits per heavy atom. The molecule has 5 nitrogen and oxygen atoms in total. The van der Waals surface area contributed by atoms with E-state index in [1.54, 1.807) is 0 Å². The molecule has 2 unspecified atom stereocenters. The molecule has 2 atom stereocenters. The zero-order chi connectivity index (χ0) is 17.1. The van der Waals surface area contributed by atoms with Crippen molar-refractivity contribution in [3.8, 4) is 6.07 Å². The Balaban J connectivity index is 2.21. The Morgan fingerprint density at radius 1 is 1.39 bits per heavy atom. The van der Waals surface area contributed by atoms with Crippen molar-refractivity contribution >= 4 is 6.09 Å². The summed E-state index contributed by atoms with van der Waals surface area (Å²) < 4.78 is 10.9. The fourth-order valence-electron chi connectivity index (χ4n) is 2.63. The van der Waals surface area contributed by atoms with Crippen LogP contribution in [-0.4, -0.2) is 24.9 Å². The lowest BCUT2D eigenvalue weighted by Gasteiger charge is -2.31. The Kier molecular flexibility index (Phi) is 4.96. The van der Waals surface area contributed by atoms with Crippen LogP contribution in [0.5, 0.6) is 0 Å². The van der Waals surface area contributed by atoms with E-state index in [2.05, 4.69) is 11.4 Å². The standard InChI is InChI=1S/C18H24N2O3/c1-13(11-19)14-5-7-15(8-6-14)18(9-10-22-12-18)20-16(21)23-17(2,3)4/h5-8,13H,9-10,12H2,1-4H3,(H,20,21). The van der Waals surface area contributed by atoms with Crippen molar-refractivity contribution in [2.75, 3.05) is 13.2 Å². The Hall–Kier alpha value is -2.06. The first-order valence-electron chi connectivity index (χ1n) is 7.85. The molecule has 0 spiro atoms. The number of nitrogens with one attached hydrogen (secondary N) is 1. The summed E-state index contributed by atoms with van der Waals surface area (Å²) in [6.07, 6.45) is 0.247. The zero-order valence-electron chi connectivity index (χ0n) is 14.2. The van der Waals surface area contributed by atoms with E-state index in [1.165, 1.54) is 0 Å². The van der Waals surface area contributed by atoms with Crippen molar-refractivity contribution in [3.63, 3.8) is 0 Å². The molecule has 0 aliphatic carbocycles. The van der Waals surface area contributed by atoms with E-state index in [9.17, 15) is 4.79 Å². The molecule has 2 rings (SSSR count). The van der Waals surface area contributed by atoms with Crippen LogP contribution in [0.2, 0.25) is 0 Å². The van der Waals surface area contributed by atoms with E-state index in [-0.39, 0.29) is 5.92 Å². The molecule has 23 heavy (non-hydrogen) atoms. The van der Waals surface area contributed by atoms with Gasteiger partial charge in [-0.3, -0.25) is 0 Å². The number of hydrogen-bond donors (Lipinski definition) is 1. The van der Waals surface area contributed by atoms with Crippen LogP contribution in [0.25, 0.3) is 0 Å². The highest BCUT2D eigenvalue weighted by atomic mass is 16.6. The summed E-state index contributed by atoms with van der Waals surface area (Å²) in [5.41, 5.74) is 0.811. The molecule has 1 N–H and O–H groups in total. The third-order valence-electron chi connectivity index (χ3n) is 3.92. The highest BCUT2D eigenvalue weighted by Gasteiger charge is 2.39. The molecule has 1 amide bonds. The molecule has 1 heterocycles. The van der Waals surface area contributed by atoms with Gasteiger partial charge in [0, 0.05) is 13.0 Å². The molecule has 1 fully saturated rings. The first-order valence-corrected chi connectivity index (χ1v) is 7.85. The topological polar surface area (TPSA) is 71.4 Å². The van der Waals surface area contributed by atoms with Crippen molar-refractivity contribution in [3.05, 3.63) is 35.4 Å². The highest BCUT2D eigenvalue weighted by molar-refractivity contribution is 5.69. The van der Waals surface area contributed by atoms with Gasteiger partial charge in [-0.1, -0.05) is 24.3 Å². The van der Waals surface area contributed by atoms with Crippen molar-refractivity contribution in [1.29, 1.82) is 5.26 Å².